The fraction of sp³-hybridized carbons (Fsp3) is 0.500. The molecular weight excluding hydrogens is 368 g/mol. The van der Waals surface area contributed by atoms with Crippen LogP contribution in [0.3, 0.4) is 0 Å². The number of rotatable bonds is 4. The van der Waals surface area contributed by atoms with Gasteiger partial charge in [0.25, 0.3) is 0 Å². The van der Waals surface area contributed by atoms with Gasteiger partial charge in [-0.05, 0) is 50.0 Å². The minimum atomic E-state index is -0.640. The van der Waals surface area contributed by atoms with Crippen molar-refractivity contribution in [3.63, 3.8) is 0 Å². The molecule has 4 atom stereocenters. The topological polar surface area (TPSA) is 72.8 Å². The summed E-state index contributed by atoms with van der Waals surface area (Å²) in [6.07, 6.45) is 3.05. The summed E-state index contributed by atoms with van der Waals surface area (Å²) in [5, 5.41) is 10.4. The third-order valence-corrected chi connectivity index (χ3v) is 5.31. The standard InChI is InChI=1S/C24H32O5/c1-15(2)23-21(29-24(27)19-9-7-6-8-10-19)13-16(3)11-12-20(26)17(4)14-22(23)28-18(5)25/h6-11,14-15,20-23,26H,12-13H2,1-5H3. The molecule has 1 aliphatic carbocycles. The number of aliphatic hydroxyl groups excluding tert-OH is 1. The van der Waals surface area contributed by atoms with Crippen LogP contribution in [-0.2, 0) is 14.3 Å². The van der Waals surface area contributed by atoms with E-state index in [-0.39, 0.29) is 11.8 Å². The minimum Gasteiger partial charge on any atom is -0.458 e. The summed E-state index contributed by atoms with van der Waals surface area (Å²) in [5.74, 6) is -0.985. The Morgan fingerprint density at radius 1 is 1.10 bits per heavy atom. The molecule has 0 saturated carbocycles. The molecule has 5 nitrogen and oxygen atoms in total. The number of carbonyl (C=O) groups excluding carboxylic acids is 2. The molecule has 1 aliphatic rings. The molecule has 0 amide bonds. The third kappa shape index (κ3) is 6.57. The SMILES string of the molecule is CC(=O)OC1C=C(C)C(O)CC=C(C)CC(OC(=O)c2ccccc2)C1C(C)C. The molecule has 4 unspecified atom stereocenters. The van der Waals surface area contributed by atoms with Crippen LogP contribution in [0.4, 0.5) is 0 Å². The van der Waals surface area contributed by atoms with E-state index in [4.69, 9.17) is 9.47 Å². The summed E-state index contributed by atoms with van der Waals surface area (Å²) in [5.41, 5.74) is 2.25. The van der Waals surface area contributed by atoms with Gasteiger partial charge < -0.3 is 14.6 Å². The van der Waals surface area contributed by atoms with Gasteiger partial charge in [-0.2, -0.15) is 0 Å². The normalized spacial score (nSPS) is 25.6. The Morgan fingerprint density at radius 3 is 2.34 bits per heavy atom. The second-order valence-electron chi connectivity index (χ2n) is 8.12. The first kappa shape index (κ1) is 22.9. The van der Waals surface area contributed by atoms with Gasteiger partial charge in [0.15, 0.2) is 0 Å². The third-order valence-electron chi connectivity index (χ3n) is 5.31. The van der Waals surface area contributed by atoms with E-state index >= 15 is 0 Å². The quantitative estimate of drug-likeness (QED) is 0.597. The van der Waals surface area contributed by atoms with E-state index in [9.17, 15) is 14.7 Å². The molecule has 1 N–H and O–H groups in total. The maximum Gasteiger partial charge on any atom is 0.338 e. The van der Waals surface area contributed by atoms with Crippen molar-refractivity contribution in [1.82, 2.24) is 0 Å². The molecular formula is C24H32O5. The van der Waals surface area contributed by atoms with Crippen LogP contribution >= 0.6 is 0 Å². The summed E-state index contributed by atoms with van der Waals surface area (Å²) in [6.45, 7) is 9.21. The summed E-state index contributed by atoms with van der Waals surface area (Å²) < 4.78 is 11.6. The van der Waals surface area contributed by atoms with E-state index < -0.39 is 30.3 Å². The minimum absolute atomic E-state index is 0.0707. The van der Waals surface area contributed by atoms with Crippen molar-refractivity contribution in [2.24, 2.45) is 11.8 Å². The summed E-state index contributed by atoms with van der Waals surface area (Å²) in [7, 11) is 0. The summed E-state index contributed by atoms with van der Waals surface area (Å²) in [6, 6.07) is 8.88. The van der Waals surface area contributed by atoms with Crippen LogP contribution in [0.5, 0.6) is 0 Å². The molecule has 0 bridgehead atoms. The van der Waals surface area contributed by atoms with Gasteiger partial charge in [0.1, 0.15) is 12.2 Å². The number of hydrogen-bond donors (Lipinski definition) is 1. The van der Waals surface area contributed by atoms with Crippen molar-refractivity contribution >= 4 is 11.9 Å². The number of ether oxygens (including phenoxy) is 2. The monoisotopic (exact) mass is 400 g/mol. The van der Waals surface area contributed by atoms with Crippen LogP contribution < -0.4 is 0 Å². The highest BCUT2D eigenvalue weighted by molar-refractivity contribution is 5.89. The van der Waals surface area contributed by atoms with Gasteiger partial charge in [-0.25, -0.2) is 4.79 Å². The highest BCUT2D eigenvalue weighted by atomic mass is 16.6. The van der Waals surface area contributed by atoms with Gasteiger partial charge in [-0.1, -0.05) is 43.7 Å². The van der Waals surface area contributed by atoms with Crippen LogP contribution in [0.15, 0.2) is 53.6 Å². The Kier molecular flexibility index (Phi) is 8.21. The van der Waals surface area contributed by atoms with Crippen molar-refractivity contribution < 1.29 is 24.2 Å². The molecule has 1 aromatic carbocycles. The first-order valence-corrected chi connectivity index (χ1v) is 10.1. The van der Waals surface area contributed by atoms with Crippen molar-refractivity contribution in [3.8, 4) is 0 Å². The van der Waals surface area contributed by atoms with Crippen molar-refractivity contribution in [2.75, 3.05) is 0 Å². The van der Waals surface area contributed by atoms with E-state index in [0.717, 1.165) is 11.1 Å². The Morgan fingerprint density at radius 2 is 1.76 bits per heavy atom. The molecule has 0 spiro atoms. The molecule has 0 heterocycles. The first-order chi connectivity index (χ1) is 13.7. The molecule has 0 aliphatic heterocycles. The zero-order valence-corrected chi connectivity index (χ0v) is 17.9. The predicted octanol–water partition coefficient (Wildman–Crippen LogP) is 4.46. The Balaban J connectivity index is 2.45. The average molecular weight is 401 g/mol. The Labute approximate surface area is 173 Å². The lowest BCUT2D eigenvalue weighted by molar-refractivity contribution is -0.149. The number of carbonyl (C=O) groups is 2. The fourth-order valence-electron chi connectivity index (χ4n) is 3.74. The molecule has 2 rings (SSSR count). The van der Waals surface area contributed by atoms with Gasteiger partial charge in [0.2, 0.25) is 0 Å². The zero-order chi connectivity index (χ0) is 21.6. The van der Waals surface area contributed by atoms with Crippen molar-refractivity contribution in [1.29, 1.82) is 0 Å². The lowest BCUT2D eigenvalue weighted by Gasteiger charge is -2.35. The van der Waals surface area contributed by atoms with Crippen LogP contribution in [0, 0.1) is 11.8 Å². The van der Waals surface area contributed by atoms with Crippen LogP contribution in [-0.4, -0.2) is 35.4 Å². The number of benzene rings is 1. The highest BCUT2D eigenvalue weighted by Crippen LogP contribution is 2.32. The van der Waals surface area contributed by atoms with Crippen LogP contribution in [0.2, 0.25) is 0 Å². The second kappa shape index (κ2) is 10.4. The van der Waals surface area contributed by atoms with Gasteiger partial charge in [0, 0.05) is 19.3 Å². The second-order valence-corrected chi connectivity index (χ2v) is 8.12. The van der Waals surface area contributed by atoms with Gasteiger partial charge >= 0.3 is 11.9 Å². The maximum absolute atomic E-state index is 12.8. The molecule has 0 saturated heterocycles. The number of hydrogen-bond acceptors (Lipinski definition) is 5. The van der Waals surface area contributed by atoms with Gasteiger partial charge in [0.05, 0.1) is 11.7 Å². The van der Waals surface area contributed by atoms with Gasteiger partial charge in [-0.15, -0.1) is 0 Å². The van der Waals surface area contributed by atoms with E-state index in [2.05, 4.69) is 0 Å². The molecule has 29 heavy (non-hydrogen) atoms. The Hall–Kier alpha value is -2.40. The number of esters is 2. The van der Waals surface area contributed by atoms with E-state index in [1.165, 1.54) is 6.92 Å². The summed E-state index contributed by atoms with van der Waals surface area (Å²) in [4.78, 5) is 24.6. The fourth-order valence-corrected chi connectivity index (χ4v) is 3.74. The molecule has 1 aromatic rings. The lowest BCUT2D eigenvalue weighted by atomic mass is 9.80. The Bertz CT molecular complexity index is 763. The average Bonchev–Trinajstić information content (AvgIpc) is 2.65. The number of aliphatic hydroxyl groups is 1. The molecule has 5 heteroatoms. The van der Waals surface area contributed by atoms with Gasteiger partial charge in [-0.3, -0.25) is 4.79 Å². The smallest absolute Gasteiger partial charge is 0.338 e. The largest absolute Gasteiger partial charge is 0.458 e. The van der Waals surface area contributed by atoms with E-state index in [1.54, 1.807) is 30.3 Å². The van der Waals surface area contributed by atoms with Crippen LogP contribution in [0.1, 0.15) is 57.8 Å². The summed E-state index contributed by atoms with van der Waals surface area (Å²) >= 11 is 0. The van der Waals surface area contributed by atoms with Crippen molar-refractivity contribution in [3.05, 3.63) is 59.2 Å². The van der Waals surface area contributed by atoms with Crippen LogP contribution in [0.25, 0.3) is 0 Å². The molecule has 0 radical (unpaired) electrons. The lowest BCUT2D eigenvalue weighted by Crippen LogP contribution is -2.41. The van der Waals surface area contributed by atoms with Crippen molar-refractivity contribution in [2.45, 2.75) is 65.8 Å². The molecule has 0 fully saturated rings. The van der Waals surface area contributed by atoms with E-state index in [1.807, 2.05) is 39.8 Å². The molecule has 0 aromatic heterocycles. The maximum atomic E-state index is 12.8. The zero-order valence-electron chi connectivity index (χ0n) is 17.9. The van der Waals surface area contributed by atoms with E-state index in [0.29, 0.717) is 18.4 Å². The molecule has 158 valence electrons. The first-order valence-electron chi connectivity index (χ1n) is 10.1. The predicted molar refractivity (Wildman–Crippen MR) is 112 cm³/mol. The highest BCUT2D eigenvalue weighted by Gasteiger charge is 2.36.